The highest BCUT2D eigenvalue weighted by molar-refractivity contribution is 9.10. The average molecular weight is 293 g/mol. The van der Waals surface area contributed by atoms with E-state index in [0.29, 0.717) is 5.75 Å². The SMILES string of the molecule is COc1cc2c(cc1=O)[nH]c1c[nH]cc(Br)c12. The minimum Gasteiger partial charge on any atom is -0.493 e. The van der Waals surface area contributed by atoms with Crippen molar-refractivity contribution in [2.24, 2.45) is 0 Å². The lowest BCUT2D eigenvalue weighted by atomic mass is 10.2. The van der Waals surface area contributed by atoms with Gasteiger partial charge in [-0.15, -0.1) is 0 Å². The number of hydrogen-bond donors (Lipinski definition) is 2. The van der Waals surface area contributed by atoms with Crippen molar-refractivity contribution in [3.63, 3.8) is 0 Å². The predicted molar refractivity (Wildman–Crippen MR) is 70.7 cm³/mol. The second kappa shape index (κ2) is 3.63. The number of pyridine rings is 1. The molecule has 0 saturated heterocycles. The van der Waals surface area contributed by atoms with Crippen molar-refractivity contribution < 1.29 is 4.74 Å². The second-order valence-corrected chi connectivity index (χ2v) is 4.62. The number of hydrogen-bond acceptors (Lipinski definition) is 2. The zero-order chi connectivity index (χ0) is 12.0. The first-order valence-electron chi connectivity index (χ1n) is 5.06. The Hall–Kier alpha value is -1.75. The molecule has 86 valence electrons. The van der Waals surface area contributed by atoms with Crippen LogP contribution < -0.4 is 10.2 Å². The highest BCUT2D eigenvalue weighted by Gasteiger charge is 2.10. The number of halogens is 1. The number of aromatic amines is 2. The molecule has 0 aliphatic rings. The molecule has 0 aliphatic carbocycles. The highest BCUT2D eigenvalue weighted by Crippen LogP contribution is 2.31. The van der Waals surface area contributed by atoms with Gasteiger partial charge in [-0.1, -0.05) is 0 Å². The van der Waals surface area contributed by atoms with Crippen LogP contribution in [0, 0.1) is 0 Å². The molecule has 4 nitrogen and oxygen atoms in total. The third kappa shape index (κ3) is 1.46. The fraction of sp³-hybridized carbons (Fsp3) is 0.0833. The van der Waals surface area contributed by atoms with Crippen molar-refractivity contribution in [2.45, 2.75) is 0 Å². The van der Waals surface area contributed by atoms with Crippen LogP contribution in [0.25, 0.3) is 21.8 Å². The Labute approximate surface area is 105 Å². The summed E-state index contributed by atoms with van der Waals surface area (Å²) in [4.78, 5) is 17.9. The summed E-state index contributed by atoms with van der Waals surface area (Å²) in [5, 5.41) is 2.01. The first-order valence-corrected chi connectivity index (χ1v) is 5.86. The van der Waals surface area contributed by atoms with Gasteiger partial charge in [0, 0.05) is 33.7 Å². The lowest BCUT2D eigenvalue weighted by molar-refractivity contribution is 0.411. The van der Waals surface area contributed by atoms with E-state index >= 15 is 0 Å². The van der Waals surface area contributed by atoms with Crippen molar-refractivity contribution in [1.29, 1.82) is 0 Å². The molecule has 3 aromatic rings. The Balaban J connectivity index is 2.55. The number of H-pyrrole nitrogens is 2. The van der Waals surface area contributed by atoms with E-state index in [9.17, 15) is 4.79 Å². The Morgan fingerprint density at radius 3 is 2.82 bits per heavy atom. The Kier molecular flexibility index (Phi) is 2.22. The molecule has 2 N–H and O–H groups in total. The molecule has 1 aromatic carbocycles. The minimum absolute atomic E-state index is 0.119. The molecule has 17 heavy (non-hydrogen) atoms. The van der Waals surface area contributed by atoms with Crippen LogP contribution >= 0.6 is 15.9 Å². The first kappa shape index (κ1) is 10.4. The fourth-order valence-corrected chi connectivity index (χ4v) is 2.58. The highest BCUT2D eigenvalue weighted by atomic mass is 79.9. The molecule has 0 unspecified atom stereocenters. The third-order valence-corrected chi connectivity index (χ3v) is 3.41. The molecule has 0 aliphatic heterocycles. The van der Waals surface area contributed by atoms with Crippen molar-refractivity contribution in [1.82, 2.24) is 9.97 Å². The number of benzene rings is 1. The van der Waals surface area contributed by atoms with Crippen molar-refractivity contribution in [3.8, 4) is 5.75 Å². The zero-order valence-corrected chi connectivity index (χ0v) is 10.6. The molecular weight excluding hydrogens is 284 g/mol. The summed E-state index contributed by atoms with van der Waals surface area (Å²) in [5.41, 5.74) is 1.64. The van der Waals surface area contributed by atoms with Crippen LogP contribution in [-0.2, 0) is 0 Å². The maximum Gasteiger partial charge on any atom is 0.222 e. The van der Waals surface area contributed by atoms with Gasteiger partial charge >= 0.3 is 0 Å². The van der Waals surface area contributed by atoms with E-state index in [2.05, 4.69) is 25.9 Å². The molecule has 0 amide bonds. The maximum absolute atomic E-state index is 11.7. The summed E-state index contributed by atoms with van der Waals surface area (Å²) in [6.45, 7) is 0. The molecule has 5 heteroatoms. The van der Waals surface area contributed by atoms with E-state index in [4.69, 9.17) is 4.74 Å². The van der Waals surface area contributed by atoms with E-state index in [1.54, 1.807) is 12.1 Å². The molecule has 0 atom stereocenters. The van der Waals surface area contributed by atoms with Gasteiger partial charge < -0.3 is 14.7 Å². The van der Waals surface area contributed by atoms with Crippen LogP contribution in [0.3, 0.4) is 0 Å². The zero-order valence-electron chi connectivity index (χ0n) is 9.00. The summed E-state index contributed by atoms with van der Waals surface area (Å²) < 4.78 is 6.01. The number of fused-ring (bicyclic) bond motifs is 3. The lowest BCUT2D eigenvalue weighted by Crippen LogP contribution is -2.02. The molecule has 2 aromatic heterocycles. The third-order valence-electron chi connectivity index (χ3n) is 2.79. The van der Waals surface area contributed by atoms with Crippen LogP contribution in [0.1, 0.15) is 0 Å². The van der Waals surface area contributed by atoms with E-state index in [-0.39, 0.29) is 5.43 Å². The van der Waals surface area contributed by atoms with Gasteiger partial charge in [-0.3, -0.25) is 4.79 Å². The van der Waals surface area contributed by atoms with Gasteiger partial charge in [0.25, 0.3) is 0 Å². The number of ether oxygens (including phenoxy) is 1. The lowest BCUT2D eigenvalue weighted by Gasteiger charge is -1.98. The molecule has 0 radical (unpaired) electrons. The van der Waals surface area contributed by atoms with Gasteiger partial charge in [-0.2, -0.15) is 0 Å². The monoisotopic (exact) mass is 292 g/mol. The molecule has 0 fully saturated rings. The van der Waals surface area contributed by atoms with Crippen LogP contribution in [0.2, 0.25) is 0 Å². The van der Waals surface area contributed by atoms with Gasteiger partial charge in [-0.25, -0.2) is 0 Å². The molecule has 2 heterocycles. The number of nitrogens with one attached hydrogen (secondary N) is 2. The number of methoxy groups -OCH3 is 1. The average Bonchev–Trinajstić information content (AvgIpc) is 2.66. The van der Waals surface area contributed by atoms with Crippen molar-refractivity contribution in [3.05, 3.63) is 39.2 Å². The predicted octanol–water partition coefficient (Wildman–Crippen LogP) is 2.78. The van der Waals surface area contributed by atoms with Crippen LogP contribution in [0.5, 0.6) is 5.75 Å². The van der Waals surface area contributed by atoms with Gasteiger partial charge in [0.2, 0.25) is 5.43 Å². The van der Waals surface area contributed by atoms with Gasteiger partial charge in [0.05, 0.1) is 18.1 Å². The normalized spacial score (nSPS) is 11.2. The standard InChI is InChI=1S/C12H9BrN2O2/c1-17-11-2-6-8(3-10(11)16)15-9-5-14-4-7(13)12(6)9/h2-5,14-15H,1H3. The molecule has 0 saturated carbocycles. The van der Waals surface area contributed by atoms with Crippen LogP contribution in [-0.4, -0.2) is 17.1 Å². The first-order chi connectivity index (χ1) is 8.20. The van der Waals surface area contributed by atoms with Gasteiger partial charge in [0.1, 0.15) is 0 Å². The summed E-state index contributed by atoms with van der Waals surface area (Å²) in [6.07, 6.45) is 3.71. The van der Waals surface area contributed by atoms with Crippen LogP contribution in [0.15, 0.2) is 33.8 Å². The Morgan fingerprint density at radius 2 is 2.06 bits per heavy atom. The largest absolute Gasteiger partial charge is 0.493 e. The molecule has 0 spiro atoms. The summed E-state index contributed by atoms with van der Waals surface area (Å²) >= 11 is 3.49. The van der Waals surface area contributed by atoms with E-state index < -0.39 is 0 Å². The van der Waals surface area contributed by atoms with Crippen LogP contribution in [0.4, 0.5) is 0 Å². The molecule has 0 bridgehead atoms. The molecule has 3 rings (SSSR count). The summed E-state index contributed by atoms with van der Waals surface area (Å²) in [6, 6.07) is 3.32. The summed E-state index contributed by atoms with van der Waals surface area (Å²) in [5.74, 6) is 0.359. The summed E-state index contributed by atoms with van der Waals surface area (Å²) in [7, 11) is 1.50. The second-order valence-electron chi connectivity index (χ2n) is 3.77. The quantitative estimate of drug-likeness (QED) is 0.725. The van der Waals surface area contributed by atoms with Crippen molar-refractivity contribution >= 4 is 37.7 Å². The van der Waals surface area contributed by atoms with Gasteiger partial charge in [-0.05, 0) is 22.0 Å². The van der Waals surface area contributed by atoms with Crippen molar-refractivity contribution in [2.75, 3.05) is 7.11 Å². The topological polar surface area (TPSA) is 57.9 Å². The van der Waals surface area contributed by atoms with Gasteiger partial charge in [0.15, 0.2) is 5.75 Å². The van der Waals surface area contributed by atoms with E-state index in [1.807, 2.05) is 12.4 Å². The fourth-order valence-electron chi connectivity index (χ4n) is 2.02. The maximum atomic E-state index is 11.7. The smallest absolute Gasteiger partial charge is 0.222 e. The Morgan fingerprint density at radius 1 is 1.24 bits per heavy atom. The van der Waals surface area contributed by atoms with E-state index in [1.165, 1.54) is 7.11 Å². The number of rotatable bonds is 1. The Bertz CT molecular complexity index is 773. The molecular formula is C12H9BrN2O2. The van der Waals surface area contributed by atoms with E-state index in [0.717, 1.165) is 26.3 Å². The number of aromatic nitrogens is 2. The minimum atomic E-state index is -0.119.